The van der Waals surface area contributed by atoms with E-state index in [-0.39, 0.29) is 11.8 Å². The van der Waals surface area contributed by atoms with Crippen LogP contribution in [0.4, 0.5) is 0 Å². The lowest BCUT2D eigenvalue weighted by Crippen LogP contribution is -2.24. The number of aromatic nitrogens is 2. The number of amides is 1. The van der Waals surface area contributed by atoms with Crippen molar-refractivity contribution in [2.75, 3.05) is 6.54 Å². The minimum atomic E-state index is -0.119. The summed E-state index contributed by atoms with van der Waals surface area (Å²) in [7, 11) is 0. The van der Waals surface area contributed by atoms with E-state index in [2.05, 4.69) is 10.1 Å². The molecule has 1 atom stereocenters. The van der Waals surface area contributed by atoms with Gasteiger partial charge in [0.05, 0.1) is 5.92 Å². The van der Waals surface area contributed by atoms with Crippen LogP contribution in [0.15, 0.2) is 83.4 Å². The second-order valence-corrected chi connectivity index (χ2v) is 8.50. The smallest absolute Gasteiger partial charge is 0.232 e. The number of likely N-dealkylation sites (tertiary alicyclic amines) is 1. The Balaban J connectivity index is 1.21. The van der Waals surface area contributed by atoms with Crippen molar-refractivity contribution in [3.8, 4) is 17.1 Å². The highest BCUT2D eigenvalue weighted by Gasteiger charge is 2.34. The van der Waals surface area contributed by atoms with Gasteiger partial charge in [0.2, 0.25) is 17.6 Å². The standard InChI is InChI=1S/C26H22ClN3O3/c27-22-8-4-7-19(13-22)15-30-16-21(14-24(30)31)26-28-25(29-33-26)20-9-11-23(12-10-20)32-17-18-5-2-1-3-6-18/h1-13,21H,14-17H2. The third-order valence-corrected chi connectivity index (χ3v) is 5.86. The fourth-order valence-corrected chi connectivity index (χ4v) is 4.12. The molecule has 0 aliphatic carbocycles. The van der Waals surface area contributed by atoms with Gasteiger partial charge in [-0.15, -0.1) is 0 Å². The van der Waals surface area contributed by atoms with Crippen LogP contribution < -0.4 is 4.74 Å². The van der Waals surface area contributed by atoms with E-state index in [1.807, 2.05) is 78.9 Å². The maximum Gasteiger partial charge on any atom is 0.232 e. The normalized spacial score (nSPS) is 15.7. The molecule has 6 nitrogen and oxygen atoms in total. The predicted octanol–water partition coefficient (Wildman–Crippen LogP) is 5.49. The number of hydrogen-bond acceptors (Lipinski definition) is 5. The number of benzene rings is 3. The van der Waals surface area contributed by atoms with Crippen molar-refractivity contribution in [1.29, 1.82) is 0 Å². The average Bonchev–Trinajstić information content (AvgIpc) is 3.46. The second-order valence-electron chi connectivity index (χ2n) is 8.06. The van der Waals surface area contributed by atoms with E-state index in [4.69, 9.17) is 20.9 Å². The first-order chi connectivity index (χ1) is 16.1. The quantitative estimate of drug-likeness (QED) is 0.366. The lowest BCUT2D eigenvalue weighted by atomic mass is 10.1. The fraction of sp³-hybridized carbons (Fsp3) is 0.192. The zero-order valence-corrected chi connectivity index (χ0v) is 18.6. The van der Waals surface area contributed by atoms with E-state index in [1.165, 1.54) is 0 Å². The van der Waals surface area contributed by atoms with Gasteiger partial charge in [-0.25, -0.2) is 0 Å². The molecule has 1 aliphatic rings. The Labute approximate surface area is 196 Å². The van der Waals surface area contributed by atoms with Crippen molar-refractivity contribution in [3.63, 3.8) is 0 Å². The van der Waals surface area contributed by atoms with Crippen molar-refractivity contribution in [2.45, 2.75) is 25.5 Å². The van der Waals surface area contributed by atoms with Gasteiger partial charge < -0.3 is 14.2 Å². The molecule has 33 heavy (non-hydrogen) atoms. The Bertz CT molecular complexity index is 1240. The van der Waals surface area contributed by atoms with Gasteiger partial charge in [0, 0.05) is 30.1 Å². The molecule has 1 aliphatic heterocycles. The maximum absolute atomic E-state index is 12.5. The third kappa shape index (κ3) is 5.07. The number of ether oxygens (including phenoxy) is 1. The van der Waals surface area contributed by atoms with Crippen molar-refractivity contribution >= 4 is 17.5 Å². The Morgan fingerprint density at radius 2 is 1.79 bits per heavy atom. The highest BCUT2D eigenvalue weighted by molar-refractivity contribution is 6.30. The monoisotopic (exact) mass is 459 g/mol. The van der Waals surface area contributed by atoms with Gasteiger partial charge in [-0.05, 0) is 47.5 Å². The SMILES string of the molecule is O=C1CC(c2nc(-c3ccc(OCc4ccccc4)cc3)no2)CN1Cc1cccc(Cl)c1. The first-order valence-corrected chi connectivity index (χ1v) is 11.1. The molecule has 0 spiro atoms. The van der Waals surface area contributed by atoms with Gasteiger partial charge in [-0.2, -0.15) is 4.98 Å². The van der Waals surface area contributed by atoms with Crippen LogP contribution in [0.25, 0.3) is 11.4 Å². The molecule has 0 N–H and O–H groups in total. The number of hydrogen-bond donors (Lipinski definition) is 0. The van der Waals surface area contributed by atoms with E-state index in [9.17, 15) is 4.79 Å². The Kier molecular flexibility index (Phi) is 6.09. The Morgan fingerprint density at radius 1 is 1.00 bits per heavy atom. The second kappa shape index (κ2) is 9.46. The summed E-state index contributed by atoms with van der Waals surface area (Å²) in [6.07, 6.45) is 0.356. The number of nitrogens with zero attached hydrogens (tertiary/aromatic N) is 3. The summed E-state index contributed by atoms with van der Waals surface area (Å²) in [5.74, 6) is 1.70. The summed E-state index contributed by atoms with van der Waals surface area (Å²) >= 11 is 6.06. The molecule has 0 radical (unpaired) electrons. The van der Waals surface area contributed by atoms with Crippen LogP contribution >= 0.6 is 11.6 Å². The molecule has 3 aromatic carbocycles. The van der Waals surface area contributed by atoms with E-state index in [1.54, 1.807) is 4.90 Å². The molecule has 166 valence electrons. The Hall–Kier alpha value is -3.64. The fourth-order valence-electron chi connectivity index (χ4n) is 3.91. The molecule has 1 amide bonds. The summed E-state index contributed by atoms with van der Waals surface area (Å²) in [5.41, 5.74) is 2.94. The lowest BCUT2D eigenvalue weighted by Gasteiger charge is -2.16. The summed E-state index contributed by atoms with van der Waals surface area (Å²) in [5, 5.41) is 4.79. The maximum atomic E-state index is 12.5. The predicted molar refractivity (Wildman–Crippen MR) is 125 cm³/mol. The largest absolute Gasteiger partial charge is 0.489 e. The van der Waals surface area contributed by atoms with Gasteiger partial charge in [0.1, 0.15) is 12.4 Å². The van der Waals surface area contributed by atoms with Gasteiger partial charge in [-0.1, -0.05) is 59.2 Å². The van der Waals surface area contributed by atoms with Crippen LogP contribution in [0.5, 0.6) is 5.75 Å². The summed E-state index contributed by atoms with van der Waals surface area (Å²) < 4.78 is 11.3. The van der Waals surface area contributed by atoms with Crippen LogP contribution in [-0.2, 0) is 17.9 Å². The van der Waals surface area contributed by atoms with Gasteiger partial charge in [-0.3, -0.25) is 4.79 Å². The molecule has 0 bridgehead atoms. The number of halogens is 1. The average molecular weight is 460 g/mol. The molecule has 1 fully saturated rings. The zero-order valence-electron chi connectivity index (χ0n) is 17.9. The molecule has 4 aromatic rings. The molecule has 1 unspecified atom stereocenters. The van der Waals surface area contributed by atoms with Gasteiger partial charge >= 0.3 is 0 Å². The van der Waals surface area contributed by atoms with Crippen LogP contribution in [0.1, 0.15) is 29.4 Å². The van der Waals surface area contributed by atoms with Crippen molar-refractivity contribution in [3.05, 3.63) is 101 Å². The van der Waals surface area contributed by atoms with Gasteiger partial charge in [0.25, 0.3) is 0 Å². The van der Waals surface area contributed by atoms with Crippen LogP contribution in [0, 0.1) is 0 Å². The number of carbonyl (C=O) groups excluding carboxylic acids is 1. The first kappa shape index (κ1) is 21.2. The highest BCUT2D eigenvalue weighted by atomic mass is 35.5. The molecule has 7 heteroatoms. The minimum Gasteiger partial charge on any atom is -0.489 e. The number of carbonyl (C=O) groups is 1. The lowest BCUT2D eigenvalue weighted by molar-refractivity contribution is -0.128. The zero-order chi connectivity index (χ0) is 22.6. The van der Waals surface area contributed by atoms with E-state index >= 15 is 0 Å². The Morgan fingerprint density at radius 3 is 2.58 bits per heavy atom. The van der Waals surface area contributed by atoms with Crippen LogP contribution in [0.3, 0.4) is 0 Å². The summed E-state index contributed by atoms with van der Waals surface area (Å²) in [4.78, 5) is 18.9. The molecule has 2 heterocycles. The molecule has 1 aromatic heterocycles. The van der Waals surface area contributed by atoms with Crippen molar-refractivity contribution < 1.29 is 14.1 Å². The molecule has 5 rings (SSSR count). The first-order valence-electron chi connectivity index (χ1n) is 10.8. The van der Waals surface area contributed by atoms with Crippen molar-refractivity contribution in [1.82, 2.24) is 15.0 Å². The minimum absolute atomic E-state index is 0.0691. The summed E-state index contributed by atoms with van der Waals surface area (Å²) in [6, 6.07) is 25.1. The molecular weight excluding hydrogens is 438 g/mol. The highest BCUT2D eigenvalue weighted by Crippen LogP contribution is 2.30. The van der Waals surface area contributed by atoms with E-state index < -0.39 is 0 Å². The molecular formula is C26H22ClN3O3. The summed E-state index contributed by atoms with van der Waals surface area (Å²) in [6.45, 7) is 1.56. The third-order valence-electron chi connectivity index (χ3n) is 5.63. The van der Waals surface area contributed by atoms with Crippen molar-refractivity contribution in [2.24, 2.45) is 0 Å². The number of rotatable bonds is 7. The van der Waals surface area contributed by atoms with E-state index in [0.717, 1.165) is 22.4 Å². The van der Waals surface area contributed by atoms with Crippen LogP contribution in [0.2, 0.25) is 5.02 Å². The molecule has 0 saturated carbocycles. The van der Waals surface area contributed by atoms with Crippen LogP contribution in [-0.4, -0.2) is 27.5 Å². The molecule has 1 saturated heterocycles. The van der Waals surface area contributed by atoms with E-state index in [0.29, 0.717) is 42.9 Å². The van der Waals surface area contributed by atoms with Gasteiger partial charge in [0.15, 0.2) is 0 Å². The topological polar surface area (TPSA) is 68.5 Å².